The number of hydrogen-bond donors (Lipinski definition) is 1. The van der Waals surface area contributed by atoms with Crippen molar-refractivity contribution in [2.24, 2.45) is 0 Å². The highest BCUT2D eigenvalue weighted by Crippen LogP contribution is 2.17. The molecule has 2 amide bonds. The van der Waals surface area contributed by atoms with Gasteiger partial charge in [-0.05, 0) is 51.9 Å². The van der Waals surface area contributed by atoms with E-state index in [0.717, 1.165) is 38.4 Å². The maximum Gasteiger partial charge on any atom is 0.252 e. The fourth-order valence-corrected chi connectivity index (χ4v) is 3.91. The molecule has 0 aromatic carbocycles. The number of nitrogens with one attached hydrogen (secondary N) is 1. The molecule has 2 aliphatic heterocycles. The summed E-state index contributed by atoms with van der Waals surface area (Å²) in [6.07, 6.45) is 6.36. The lowest BCUT2D eigenvalue weighted by atomic mass is 10.0. The van der Waals surface area contributed by atoms with Crippen LogP contribution in [0.5, 0.6) is 0 Å². The van der Waals surface area contributed by atoms with Gasteiger partial charge < -0.3 is 20.0 Å². The summed E-state index contributed by atoms with van der Waals surface area (Å²) in [5.41, 5.74) is 0.564. The summed E-state index contributed by atoms with van der Waals surface area (Å²) in [5.74, 6) is 0.791. The second kappa shape index (κ2) is 9.17. The zero-order valence-corrected chi connectivity index (χ0v) is 16.5. The van der Waals surface area contributed by atoms with E-state index in [2.05, 4.69) is 22.2 Å². The summed E-state index contributed by atoms with van der Waals surface area (Å²) in [7, 11) is 2.17. The van der Waals surface area contributed by atoms with E-state index in [0.29, 0.717) is 24.7 Å². The fraction of sp³-hybridized carbons (Fsp3) is 0.650. The van der Waals surface area contributed by atoms with E-state index in [1.54, 1.807) is 12.3 Å². The predicted octanol–water partition coefficient (Wildman–Crippen LogP) is 1.35. The minimum Gasteiger partial charge on any atom is -0.352 e. The number of anilines is 1. The molecule has 1 aromatic heterocycles. The molecule has 7 heteroatoms. The highest BCUT2D eigenvalue weighted by atomic mass is 16.2. The average Bonchev–Trinajstić information content (AvgIpc) is 2.69. The number of likely N-dealkylation sites (tertiary alicyclic amines) is 1. The van der Waals surface area contributed by atoms with E-state index in [9.17, 15) is 9.59 Å². The third-order valence-corrected chi connectivity index (χ3v) is 5.72. The van der Waals surface area contributed by atoms with Crippen LogP contribution in [0.3, 0.4) is 0 Å². The van der Waals surface area contributed by atoms with Crippen molar-refractivity contribution in [1.29, 1.82) is 0 Å². The Hall–Kier alpha value is -2.15. The van der Waals surface area contributed by atoms with Gasteiger partial charge in [-0.2, -0.15) is 0 Å². The van der Waals surface area contributed by atoms with Crippen LogP contribution in [0, 0.1) is 0 Å². The molecular formula is C20H31N5O2. The highest BCUT2D eigenvalue weighted by molar-refractivity contribution is 5.94. The monoisotopic (exact) mass is 373 g/mol. The summed E-state index contributed by atoms with van der Waals surface area (Å²) in [4.78, 5) is 35.0. The molecule has 0 radical (unpaired) electrons. The van der Waals surface area contributed by atoms with Crippen molar-refractivity contribution in [3.8, 4) is 0 Å². The average molecular weight is 374 g/mol. The Bertz CT molecular complexity index is 648. The first-order valence-electron chi connectivity index (χ1n) is 10.1. The van der Waals surface area contributed by atoms with Gasteiger partial charge in [-0.25, -0.2) is 4.98 Å². The molecule has 2 aliphatic rings. The lowest BCUT2D eigenvalue weighted by molar-refractivity contribution is -0.130. The standard InChI is InChI=1S/C20H31N5O2/c1-3-24-12-13-25(15-19(24)26)18-8-7-16(14-22-18)20(27)21-10-9-17-6-4-5-11-23(17)2/h7-8,14,17H,3-6,9-13,15H2,1-2H3,(H,21,27). The second-order valence-corrected chi connectivity index (χ2v) is 7.47. The summed E-state index contributed by atoms with van der Waals surface area (Å²) >= 11 is 0. The molecule has 7 nitrogen and oxygen atoms in total. The number of carbonyl (C=O) groups excluding carboxylic acids is 2. The Labute approximate surface area is 161 Å². The molecule has 0 aliphatic carbocycles. The van der Waals surface area contributed by atoms with E-state index in [1.165, 1.54) is 19.3 Å². The van der Waals surface area contributed by atoms with Crippen LogP contribution in [0.4, 0.5) is 5.82 Å². The van der Waals surface area contributed by atoms with Crippen molar-refractivity contribution in [3.05, 3.63) is 23.9 Å². The van der Waals surface area contributed by atoms with Crippen LogP contribution in [0.2, 0.25) is 0 Å². The Balaban J connectivity index is 1.48. The van der Waals surface area contributed by atoms with E-state index in [4.69, 9.17) is 0 Å². The molecule has 1 aromatic rings. The molecular weight excluding hydrogens is 342 g/mol. The van der Waals surface area contributed by atoms with Gasteiger partial charge in [0.25, 0.3) is 5.91 Å². The molecule has 3 rings (SSSR count). The van der Waals surface area contributed by atoms with Gasteiger partial charge in [0.2, 0.25) is 5.91 Å². The third-order valence-electron chi connectivity index (χ3n) is 5.72. The van der Waals surface area contributed by atoms with Crippen molar-refractivity contribution < 1.29 is 9.59 Å². The van der Waals surface area contributed by atoms with Gasteiger partial charge in [-0.15, -0.1) is 0 Å². The van der Waals surface area contributed by atoms with Crippen molar-refractivity contribution in [2.45, 2.75) is 38.6 Å². The Morgan fingerprint density at radius 2 is 2.11 bits per heavy atom. The van der Waals surface area contributed by atoms with Crippen LogP contribution in [0.25, 0.3) is 0 Å². The first-order chi connectivity index (χ1) is 13.1. The zero-order valence-electron chi connectivity index (χ0n) is 16.5. The summed E-state index contributed by atoms with van der Waals surface area (Å²) < 4.78 is 0. The molecule has 0 saturated carbocycles. The number of piperazine rings is 1. The second-order valence-electron chi connectivity index (χ2n) is 7.47. The smallest absolute Gasteiger partial charge is 0.252 e. The first-order valence-corrected chi connectivity index (χ1v) is 10.1. The Kier molecular flexibility index (Phi) is 6.66. The number of likely N-dealkylation sites (N-methyl/N-ethyl adjacent to an activating group) is 1. The topological polar surface area (TPSA) is 68.8 Å². The zero-order chi connectivity index (χ0) is 19.2. The number of rotatable bonds is 6. The molecule has 27 heavy (non-hydrogen) atoms. The van der Waals surface area contributed by atoms with Crippen LogP contribution >= 0.6 is 0 Å². The van der Waals surface area contributed by atoms with Crippen molar-refractivity contribution in [3.63, 3.8) is 0 Å². The van der Waals surface area contributed by atoms with Crippen molar-refractivity contribution in [2.75, 3.05) is 51.2 Å². The van der Waals surface area contributed by atoms with Crippen LogP contribution in [0.15, 0.2) is 18.3 Å². The van der Waals surface area contributed by atoms with Crippen molar-refractivity contribution in [1.82, 2.24) is 20.1 Å². The third kappa shape index (κ3) is 4.97. The number of hydrogen-bond acceptors (Lipinski definition) is 5. The normalized spacial score (nSPS) is 21.4. The number of piperidine rings is 1. The van der Waals surface area contributed by atoms with E-state index >= 15 is 0 Å². The van der Waals surface area contributed by atoms with Gasteiger partial charge in [-0.1, -0.05) is 6.42 Å². The van der Waals surface area contributed by atoms with E-state index in [-0.39, 0.29) is 11.8 Å². The van der Waals surface area contributed by atoms with Crippen LogP contribution in [0.1, 0.15) is 43.0 Å². The molecule has 2 fully saturated rings. The van der Waals surface area contributed by atoms with Gasteiger partial charge in [0.1, 0.15) is 5.82 Å². The predicted molar refractivity (Wildman–Crippen MR) is 106 cm³/mol. The van der Waals surface area contributed by atoms with Crippen LogP contribution in [-0.4, -0.2) is 79.0 Å². The first kappa shape index (κ1) is 19.6. The number of pyridine rings is 1. The SMILES string of the molecule is CCN1CCN(c2ccc(C(=O)NCCC3CCCCN3C)cn2)CC1=O. The quantitative estimate of drug-likeness (QED) is 0.815. The number of aromatic nitrogens is 1. The summed E-state index contributed by atoms with van der Waals surface area (Å²) in [5, 5.41) is 3.01. The molecule has 0 spiro atoms. The van der Waals surface area contributed by atoms with E-state index < -0.39 is 0 Å². The maximum atomic E-state index is 12.4. The molecule has 1 atom stereocenters. The summed E-state index contributed by atoms with van der Waals surface area (Å²) in [6.45, 7) is 6.41. The number of carbonyl (C=O) groups is 2. The fourth-order valence-electron chi connectivity index (χ4n) is 3.91. The molecule has 2 saturated heterocycles. The summed E-state index contributed by atoms with van der Waals surface area (Å²) in [6, 6.07) is 4.19. The van der Waals surface area contributed by atoms with Crippen LogP contribution < -0.4 is 10.2 Å². The maximum absolute atomic E-state index is 12.4. The Morgan fingerprint density at radius 1 is 1.26 bits per heavy atom. The molecule has 1 unspecified atom stereocenters. The van der Waals surface area contributed by atoms with Gasteiger partial charge in [0.05, 0.1) is 12.1 Å². The highest BCUT2D eigenvalue weighted by Gasteiger charge is 2.23. The molecule has 148 valence electrons. The largest absolute Gasteiger partial charge is 0.352 e. The number of nitrogens with zero attached hydrogens (tertiary/aromatic N) is 4. The van der Waals surface area contributed by atoms with E-state index in [1.807, 2.05) is 22.8 Å². The van der Waals surface area contributed by atoms with Gasteiger partial charge in [0, 0.05) is 38.4 Å². The molecule has 1 N–H and O–H groups in total. The minimum absolute atomic E-state index is 0.0839. The van der Waals surface area contributed by atoms with Gasteiger partial charge in [-0.3, -0.25) is 9.59 Å². The lowest BCUT2D eigenvalue weighted by Crippen LogP contribution is -2.50. The molecule has 3 heterocycles. The van der Waals surface area contributed by atoms with Crippen LogP contribution in [-0.2, 0) is 4.79 Å². The lowest BCUT2D eigenvalue weighted by Gasteiger charge is -2.34. The number of amides is 2. The van der Waals surface area contributed by atoms with Crippen molar-refractivity contribution >= 4 is 17.6 Å². The Morgan fingerprint density at radius 3 is 2.78 bits per heavy atom. The van der Waals surface area contributed by atoms with Gasteiger partial charge >= 0.3 is 0 Å². The molecule has 0 bridgehead atoms. The van der Waals surface area contributed by atoms with Gasteiger partial charge in [0.15, 0.2) is 0 Å². The minimum atomic E-state index is -0.0839.